The summed E-state index contributed by atoms with van der Waals surface area (Å²) in [4.78, 5) is 26.0. The van der Waals surface area contributed by atoms with E-state index in [2.05, 4.69) is 5.32 Å². The second kappa shape index (κ2) is 9.30. The number of aryl methyl sites for hydroxylation is 1. The van der Waals surface area contributed by atoms with Crippen LogP contribution in [0.25, 0.3) is 0 Å². The van der Waals surface area contributed by atoms with Gasteiger partial charge in [0.2, 0.25) is 21.8 Å². The monoisotopic (exact) mass is 429 g/mol. The molecule has 160 valence electrons. The molecule has 0 spiro atoms. The maximum Gasteiger partial charge on any atom is 0.241 e. The predicted molar refractivity (Wildman–Crippen MR) is 116 cm³/mol. The Labute approximate surface area is 177 Å². The summed E-state index contributed by atoms with van der Waals surface area (Å²) >= 11 is 0. The lowest BCUT2D eigenvalue weighted by atomic mass is 10.1. The Balaban J connectivity index is 1.57. The summed E-state index contributed by atoms with van der Waals surface area (Å²) in [7, 11) is -3.59. The molecule has 0 saturated carbocycles. The van der Waals surface area contributed by atoms with E-state index in [9.17, 15) is 18.0 Å². The first kappa shape index (κ1) is 21.8. The summed E-state index contributed by atoms with van der Waals surface area (Å²) in [6, 6.07) is 14.7. The zero-order valence-corrected chi connectivity index (χ0v) is 18.1. The van der Waals surface area contributed by atoms with E-state index < -0.39 is 10.0 Å². The average Bonchev–Trinajstić information content (AvgIpc) is 3.09. The van der Waals surface area contributed by atoms with Crippen molar-refractivity contribution in [2.24, 2.45) is 0 Å². The highest BCUT2D eigenvalue weighted by atomic mass is 32.2. The van der Waals surface area contributed by atoms with E-state index in [0.29, 0.717) is 25.2 Å². The van der Waals surface area contributed by atoms with Crippen molar-refractivity contribution in [3.63, 3.8) is 0 Å². The highest BCUT2D eigenvalue weighted by Gasteiger charge is 2.21. The van der Waals surface area contributed by atoms with Gasteiger partial charge >= 0.3 is 0 Å². The lowest BCUT2D eigenvalue weighted by Gasteiger charge is -2.22. The summed E-state index contributed by atoms with van der Waals surface area (Å²) in [5.41, 5.74) is 3.33. The molecular formula is C22H27N3O4S. The highest BCUT2D eigenvalue weighted by molar-refractivity contribution is 7.92. The molecule has 30 heavy (non-hydrogen) atoms. The highest BCUT2D eigenvalue weighted by Crippen LogP contribution is 2.19. The molecule has 7 nitrogen and oxygen atoms in total. The number of nitrogens with one attached hydrogen (secondary N) is 1. The summed E-state index contributed by atoms with van der Waals surface area (Å²) in [5, 5.41) is 2.78. The summed E-state index contributed by atoms with van der Waals surface area (Å²) in [6.45, 7) is 3.29. The summed E-state index contributed by atoms with van der Waals surface area (Å²) in [5.74, 6) is -0.191. The molecule has 0 aromatic heterocycles. The lowest BCUT2D eigenvalue weighted by Crippen LogP contribution is -2.40. The van der Waals surface area contributed by atoms with Crippen LogP contribution in [0.15, 0.2) is 48.5 Å². The number of likely N-dealkylation sites (tertiary alicyclic amines) is 1. The minimum absolute atomic E-state index is 0.190. The van der Waals surface area contributed by atoms with Gasteiger partial charge in [-0.1, -0.05) is 36.4 Å². The second-order valence-corrected chi connectivity index (χ2v) is 9.53. The van der Waals surface area contributed by atoms with Crippen LogP contribution in [0.3, 0.4) is 0 Å². The maximum absolute atomic E-state index is 12.4. The molecule has 0 aliphatic carbocycles. The molecule has 2 aromatic carbocycles. The van der Waals surface area contributed by atoms with Crippen molar-refractivity contribution in [1.82, 2.24) is 10.2 Å². The first-order valence-electron chi connectivity index (χ1n) is 9.89. The smallest absolute Gasteiger partial charge is 0.241 e. The summed E-state index contributed by atoms with van der Waals surface area (Å²) in [6.07, 6.45) is 2.62. The van der Waals surface area contributed by atoms with Crippen molar-refractivity contribution < 1.29 is 18.0 Å². The predicted octanol–water partition coefficient (Wildman–Crippen LogP) is 2.20. The fourth-order valence-electron chi connectivity index (χ4n) is 3.42. The Morgan fingerprint density at radius 2 is 1.83 bits per heavy atom. The molecule has 2 aromatic rings. The largest absolute Gasteiger partial charge is 0.350 e. The van der Waals surface area contributed by atoms with Crippen LogP contribution in [0, 0.1) is 6.92 Å². The minimum Gasteiger partial charge on any atom is -0.350 e. The van der Waals surface area contributed by atoms with Crippen molar-refractivity contribution in [2.45, 2.75) is 32.9 Å². The number of hydrogen-bond acceptors (Lipinski definition) is 4. The van der Waals surface area contributed by atoms with E-state index in [0.717, 1.165) is 40.2 Å². The van der Waals surface area contributed by atoms with Crippen molar-refractivity contribution in [1.29, 1.82) is 0 Å². The number of carbonyl (C=O) groups is 2. The lowest BCUT2D eigenvalue weighted by molar-refractivity contribution is -0.128. The van der Waals surface area contributed by atoms with Crippen LogP contribution in [0.4, 0.5) is 5.69 Å². The SMILES string of the molecule is Cc1cccc(N(CC(=O)NCc2ccc(CN3CCCC3=O)cc2)S(C)(=O)=O)c1. The Kier molecular flexibility index (Phi) is 6.77. The zero-order chi connectivity index (χ0) is 21.7. The first-order valence-corrected chi connectivity index (χ1v) is 11.7. The molecule has 1 heterocycles. The average molecular weight is 430 g/mol. The van der Waals surface area contributed by atoms with E-state index in [1.54, 1.807) is 18.2 Å². The minimum atomic E-state index is -3.59. The Bertz CT molecular complexity index is 1020. The number of carbonyl (C=O) groups excluding carboxylic acids is 2. The van der Waals surface area contributed by atoms with Crippen molar-refractivity contribution in [3.05, 3.63) is 65.2 Å². The number of hydrogen-bond donors (Lipinski definition) is 1. The number of sulfonamides is 1. The van der Waals surface area contributed by atoms with E-state index in [-0.39, 0.29) is 18.4 Å². The van der Waals surface area contributed by atoms with Crippen LogP contribution in [-0.4, -0.2) is 44.5 Å². The van der Waals surface area contributed by atoms with E-state index in [1.807, 2.05) is 42.2 Å². The molecule has 1 saturated heterocycles. The molecule has 0 atom stereocenters. The molecule has 1 aliphatic heterocycles. The van der Waals surface area contributed by atoms with Gasteiger partial charge in [0.05, 0.1) is 11.9 Å². The molecule has 3 rings (SSSR count). The number of rotatable bonds is 8. The van der Waals surface area contributed by atoms with Gasteiger partial charge in [-0.05, 0) is 42.2 Å². The van der Waals surface area contributed by atoms with Crippen LogP contribution in [0.2, 0.25) is 0 Å². The van der Waals surface area contributed by atoms with E-state index in [4.69, 9.17) is 0 Å². The van der Waals surface area contributed by atoms with Gasteiger partial charge in [0.15, 0.2) is 0 Å². The van der Waals surface area contributed by atoms with E-state index in [1.165, 1.54) is 0 Å². The van der Waals surface area contributed by atoms with Gasteiger partial charge in [0.1, 0.15) is 6.54 Å². The van der Waals surface area contributed by atoms with Gasteiger partial charge in [-0.25, -0.2) is 8.42 Å². The van der Waals surface area contributed by atoms with Crippen LogP contribution in [-0.2, 0) is 32.7 Å². The normalized spacial score (nSPS) is 14.1. The zero-order valence-electron chi connectivity index (χ0n) is 17.3. The van der Waals surface area contributed by atoms with Gasteiger partial charge < -0.3 is 10.2 Å². The molecule has 1 N–H and O–H groups in total. The van der Waals surface area contributed by atoms with E-state index >= 15 is 0 Å². The molecular weight excluding hydrogens is 402 g/mol. The Morgan fingerprint density at radius 3 is 2.43 bits per heavy atom. The van der Waals surface area contributed by atoms with Crippen molar-refractivity contribution >= 4 is 27.5 Å². The molecule has 8 heteroatoms. The van der Waals surface area contributed by atoms with Crippen molar-refractivity contribution in [2.75, 3.05) is 23.7 Å². The topological polar surface area (TPSA) is 86.8 Å². The number of amides is 2. The van der Waals surface area contributed by atoms with Crippen molar-refractivity contribution in [3.8, 4) is 0 Å². The standard InChI is InChI=1S/C22H27N3O4S/c1-17-5-3-6-20(13-17)25(30(2,28)29)16-21(26)23-14-18-8-10-19(11-9-18)15-24-12-4-7-22(24)27/h3,5-6,8-11,13H,4,7,12,14-16H2,1-2H3,(H,23,26). The molecule has 1 fully saturated rings. The molecule has 2 amide bonds. The quantitative estimate of drug-likeness (QED) is 0.697. The molecule has 0 bridgehead atoms. The van der Waals surface area contributed by atoms with Crippen LogP contribution < -0.4 is 9.62 Å². The number of benzene rings is 2. The van der Waals surface area contributed by atoms with Crippen LogP contribution >= 0.6 is 0 Å². The van der Waals surface area contributed by atoms with Crippen LogP contribution in [0.1, 0.15) is 29.5 Å². The molecule has 0 unspecified atom stereocenters. The fourth-order valence-corrected chi connectivity index (χ4v) is 4.27. The summed E-state index contributed by atoms with van der Waals surface area (Å²) < 4.78 is 25.4. The Hall–Kier alpha value is -2.87. The maximum atomic E-state index is 12.4. The Morgan fingerprint density at radius 1 is 1.13 bits per heavy atom. The van der Waals surface area contributed by atoms with Crippen LogP contribution in [0.5, 0.6) is 0 Å². The number of nitrogens with zero attached hydrogens (tertiary/aromatic N) is 2. The van der Waals surface area contributed by atoms with Gasteiger partial charge in [-0.3, -0.25) is 13.9 Å². The fraction of sp³-hybridized carbons (Fsp3) is 0.364. The number of anilines is 1. The van der Waals surface area contributed by atoms with Gasteiger partial charge in [0.25, 0.3) is 0 Å². The van der Waals surface area contributed by atoms with Gasteiger partial charge in [-0.15, -0.1) is 0 Å². The third kappa shape index (κ3) is 5.82. The second-order valence-electron chi connectivity index (χ2n) is 7.62. The first-order chi connectivity index (χ1) is 14.2. The molecule has 0 radical (unpaired) electrons. The van der Waals surface area contributed by atoms with Gasteiger partial charge in [-0.2, -0.15) is 0 Å². The van der Waals surface area contributed by atoms with Gasteiger partial charge in [0, 0.05) is 26.1 Å². The third-order valence-electron chi connectivity index (χ3n) is 5.03. The third-order valence-corrected chi connectivity index (χ3v) is 6.18. The molecule has 1 aliphatic rings.